The molecule has 0 aliphatic heterocycles. The first-order valence-corrected chi connectivity index (χ1v) is 6.91. The Labute approximate surface area is 124 Å². The Kier molecular flexibility index (Phi) is 5.11. The van der Waals surface area contributed by atoms with Crippen molar-refractivity contribution < 1.29 is 4.79 Å². The molecular formula is C14H20Cl2N2O. The van der Waals surface area contributed by atoms with Gasteiger partial charge in [0.1, 0.15) is 0 Å². The maximum Gasteiger partial charge on any atom is 0.252 e. The minimum absolute atomic E-state index is 0.129. The van der Waals surface area contributed by atoms with Crippen LogP contribution < -0.4 is 11.1 Å². The number of benzene rings is 1. The lowest BCUT2D eigenvalue weighted by Gasteiger charge is -2.27. The smallest absolute Gasteiger partial charge is 0.252 e. The maximum absolute atomic E-state index is 12.1. The van der Waals surface area contributed by atoms with Crippen LogP contribution in [-0.4, -0.2) is 12.5 Å². The van der Waals surface area contributed by atoms with E-state index >= 15 is 0 Å². The van der Waals surface area contributed by atoms with E-state index in [1.165, 1.54) is 12.1 Å². The quantitative estimate of drug-likeness (QED) is 0.830. The molecule has 0 aliphatic carbocycles. The highest BCUT2D eigenvalue weighted by Crippen LogP contribution is 2.29. The van der Waals surface area contributed by atoms with E-state index in [2.05, 4.69) is 33.0 Å². The zero-order valence-electron chi connectivity index (χ0n) is 11.7. The third-order valence-corrected chi connectivity index (χ3v) is 4.14. The molecular weight excluding hydrogens is 283 g/mol. The van der Waals surface area contributed by atoms with Crippen LogP contribution in [0, 0.1) is 11.3 Å². The van der Waals surface area contributed by atoms with Crippen LogP contribution in [-0.2, 0) is 0 Å². The minimum atomic E-state index is -0.254. The molecule has 0 fully saturated rings. The molecule has 1 amide bonds. The van der Waals surface area contributed by atoms with Crippen molar-refractivity contribution in [2.24, 2.45) is 11.3 Å². The van der Waals surface area contributed by atoms with Crippen molar-refractivity contribution in [2.75, 3.05) is 12.3 Å². The van der Waals surface area contributed by atoms with E-state index in [1.54, 1.807) is 0 Å². The molecule has 106 valence electrons. The predicted molar refractivity (Wildman–Crippen MR) is 81.8 cm³/mol. The molecule has 3 nitrogen and oxygen atoms in total. The van der Waals surface area contributed by atoms with Crippen molar-refractivity contribution in [3.8, 4) is 0 Å². The lowest BCUT2D eigenvalue weighted by atomic mass is 9.82. The fraction of sp³-hybridized carbons (Fsp3) is 0.500. The summed E-state index contributed by atoms with van der Waals surface area (Å²) in [5.74, 6) is 0.0852. The van der Waals surface area contributed by atoms with Gasteiger partial charge in [0.15, 0.2) is 0 Å². The summed E-state index contributed by atoms with van der Waals surface area (Å²) >= 11 is 11.9. The van der Waals surface area contributed by atoms with Gasteiger partial charge in [-0.25, -0.2) is 0 Å². The largest absolute Gasteiger partial charge is 0.399 e. The molecule has 0 spiro atoms. The van der Waals surface area contributed by atoms with Crippen LogP contribution in [0.3, 0.4) is 0 Å². The van der Waals surface area contributed by atoms with Crippen LogP contribution in [0.5, 0.6) is 0 Å². The van der Waals surface area contributed by atoms with Gasteiger partial charge in [0.05, 0.1) is 15.6 Å². The molecule has 3 N–H and O–H groups in total. The monoisotopic (exact) mass is 302 g/mol. The molecule has 0 radical (unpaired) electrons. The molecule has 1 unspecified atom stereocenters. The normalized spacial score (nSPS) is 13.2. The number of amides is 1. The van der Waals surface area contributed by atoms with Crippen LogP contribution in [0.25, 0.3) is 0 Å². The number of hydrogen-bond acceptors (Lipinski definition) is 2. The molecule has 0 aromatic heterocycles. The van der Waals surface area contributed by atoms with Gasteiger partial charge < -0.3 is 11.1 Å². The van der Waals surface area contributed by atoms with Crippen LogP contribution >= 0.6 is 23.2 Å². The molecule has 0 heterocycles. The summed E-state index contributed by atoms with van der Waals surface area (Å²) in [5, 5.41) is 3.38. The average molecular weight is 303 g/mol. The third kappa shape index (κ3) is 4.29. The Morgan fingerprint density at radius 1 is 1.37 bits per heavy atom. The molecule has 0 aliphatic rings. The van der Waals surface area contributed by atoms with E-state index < -0.39 is 0 Å². The van der Waals surface area contributed by atoms with Crippen LogP contribution in [0.1, 0.15) is 38.1 Å². The SMILES string of the molecule is CC(CNC(=O)c1cc(N)cc(Cl)c1Cl)C(C)(C)C. The summed E-state index contributed by atoms with van der Waals surface area (Å²) in [6.07, 6.45) is 0. The van der Waals surface area contributed by atoms with E-state index in [0.717, 1.165) is 0 Å². The number of anilines is 1. The number of nitrogens with one attached hydrogen (secondary N) is 1. The number of halogens is 2. The van der Waals surface area contributed by atoms with E-state index in [0.29, 0.717) is 23.7 Å². The summed E-state index contributed by atoms with van der Waals surface area (Å²) < 4.78 is 0. The number of nitrogens with two attached hydrogens (primary N) is 1. The van der Waals surface area contributed by atoms with Crippen LogP contribution in [0.4, 0.5) is 5.69 Å². The second-order valence-electron chi connectivity index (χ2n) is 5.84. The first kappa shape index (κ1) is 16.1. The number of carbonyl (C=O) groups excluding carboxylic acids is 1. The Hall–Kier alpha value is -0.930. The van der Waals surface area contributed by atoms with Gasteiger partial charge in [-0.3, -0.25) is 4.79 Å². The van der Waals surface area contributed by atoms with Gasteiger partial charge in [-0.15, -0.1) is 0 Å². The van der Waals surface area contributed by atoms with Crippen molar-refractivity contribution >= 4 is 34.8 Å². The minimum Gasteiger partial charge on any atom is -0.399 e. The molecule has 1 rings (SSSR count). The Bertz CT molecular complexity index is 481. The molecule has 5 heteroatoms. The van der Waals surface area contributed by atoms with Gasteiger partial charge in [0.2, 0.25) is 0 Å². The number of nitrogen functional groups attached to an aromatic ring is 1. The lowest BCUT2D eigenvalue weighted by molar-refractivity contribution is 0.0937. The van der Waals surface area contributed by atoms with Crippen molar-refractivity contribution in [2.45, 2.75) is 27.7 Å². The molecule has 0 saturated carbocycles. The standard InChI is InChI=1S/C14H20Cl2N2O/c1-8(14(2,3)4)7-18-13(19)10-5-9(17)6-11(15)12(10)16/h5-6,8H,7,17H2,1-4H3,(H,18,19). The van der Waals surface area contributed by atoms with Crippen LogP contribution in [0.2, 0.25) is 10.0 Å². The first-order valence-electron chi connectivity index (χ1n) is 6.15. The highest BCUT2D eigenvalue weighted by atomic mass is 35.5. The van der Waals surface area contributed by atoms with E-state index in [1.807, 2.05) is 0 Å². The Balaban J connectivity index is 2.80. The summed E-state index contributed by atoms with van der Waals surface area (Å²) in [7, 11) is 0. The van der Waals surface area contributed by atoms with Gasteiger partial charge >= 0.3 is 0 Å². The highest BCUT2D eigenvalue weighted by Gasteiger charge is 2.21. The van der Waals surface area contributed by atoms with Crippen molar-refractivity contribution in [3.05, 3.63) is 27.7 Å². The molecule has 19 heavy (non-hydrogen) atoms. The Morgan fingerprint density at radius 2 is 1.95 bits per heavy atom. The molecule has 1 aromatic carbocycles. The van der Waals surface area contributed by atoms with E-state index in [-0.39, 0.29) is 21.4 Å². The lowest BCUT2D eigenvalue weighted by Crippen LogP contribution is -2.33. The molecule has 1 atom stereocenters. The predicted octanol–water partition coefficient (Wildman–Crippen LogP) is 3.99. The van der Waals surface area contributed by atoms with Gasteiger partial charge in [-0.2, -0.15) is 0 Å². The fourth-order valence-corrected chi connectivity index (χ4v) is 1.85. The summed E-state index contributed by atoms with van der Waals surface area (Å²) in [4.78, 5) is 12.1. The summed E-state index contributed by atoms with van der Waals surface area (Å²) in [5.41, 5.74) is 6.53. The first-order chi connectivity index (χ1) is 8.62. The fourth-order valence-electron chi connectivity index (χ4n) is 1.42. The zero-order chi connectivity index (χ0) is 14.8. The molecule has 0 bridgehead atoms. The average Bonchev–Trinajstić information content (AvgIpc) is 2.28. The topological polar surface area (TPSA) is 55.1 Å². The van der Waals surface area contributed by atoms with Gasteiger partial charge in [-0.05, 0) is 23.5 Å². The maximum atomic E-state index is 12.1. The summed E-state index contributed by atoms with van der Waals surface area (Å²) in [6, 6.07) is 3.06. The number of carbonyl (C=O) groups is 1. The van der Waals surface area contributed by atoms with Crippen LogP contribution in [0.15, 0.2) is 12.1 Å². The second kappa shape index (κ2) is 6.02. The second-order valence-corrected chi connectivity index (χ2v) is 6.63. The van der Waals surface area contributed by atoms with Crippen molar-refractivity contribution in [3.63, 3.8) is 0 Å². The number of rotatable bonds is 3. The highest BCUT2D eigenvalue weighted by molar-refractivity contribution is 6.44. The summed E-state index contributed by atoms with van der Waals surface area (Å²) in [6.45, 7) is 9.07. The van der Waals surface area contributed by atoms with E-state index in [9.17, 15) is 4.79 Å². The van der Waals surface area contributed by atoms with Gasteiger partial charge in [0.25, 0.3) is 5.91 Å². The van der Waals surface area contributed by atoms with Crippen molar-refractivity contribution in [1.29, 1.82) is 0 Å². The zero-order valence-corrected chi connectivity index (χ0v) is 13.2. The number of hydrogen-bond donors (Lipinski definition) is 2. The Morgan fingerprint density at radius 3 is 2.47 bits per heavy atom. The van der Waals surface area contributed by atoms with Gasteiger partial charge in [-0.1, -0.05) is 50.9 Å². The van der Waals surface area contributed by atoms with Gasteiger partial charge in [0, 0.05) is 12.2 Å². The molecule has 0 saturated heterocycles. The van der Waals surface area contributed by atoms with Crippen molar-refractivity contribution in [1.82, 2.24) is 5.32 Å². The third-order valence-electron chi connectivity index (χ3n) is 3.34. The van der Waals surface area contributed by atoms with E-state index in [4.69, 9.17) is 28.9 Å². The molecule has 1 aromatic rings.